The van der Waals surface area contributed by atoms with Crippen molar-refractivity contribution in [2.45, 2.75) is 110 Å². The third-order valence-corrected chi connectivity index (χ3v) is 8.42. The molecule has 36 heavy (non-hydrogen) atoms. The van der Waals surface area contributed by atoms with E-state index in [1.54, 1.807) is 0 Å². The molecule has 0 aromatic heterocycles. The van der Waals surface area contributed by atoms with Gasteiger partial charge < -0.3 is 22.9 Å². The van der Waals surface area contributed by atoms with E-state index in [0.717, 1.165) is 70.1 Å². The standard InChI is InChI=1S/C13H24BO3S.C13H22BO3S/c2*1-5-6-10-7-8-11(15)13(4,17-10)12(2,3)9-16-18-14/h5,10-11,14-15H,1,6-9H2,2-4H3;5,10,14H,1,6-9H2,2-4H3/t10-,11?,13-;10-,13-/m11/s1/i2*14T. The highest BCUT2D eigenvalue weighted by Gasteiger charge is 2.52. The summed E-state index contributed by atoms with van der Waals surface area (Å²) in [6.07, 6.45) is 7.79. The summed E-state index contributed by atoms with van der Waals surface area (Å²) >= 11 is 1.97. The van der Waals surface area contributed by atoms with E-state index in [2.05, 4.69) is 13.2 Å². The van der Waals surface area contributed by atoms with Crippen molar-refractivity contribution in [1.82, 2.24) is 0 Å². The molecule has 1 N–H and O–H groups in total. The summed E-state index contributed by atoms with van der Waals surface area (Å²) in [5, 5.41) is 10.3. The highest BCUT2D eigenvalue weighted by atomic mass is 32.2. The Hall–Kier alpha value is -0.220. The van der Waals surface area contributed by atoms with Crippen LogP contribution in [0, 0.1) is 10.8 Å². The fourth-order valence-electron chi connectivity index (χ4n) is 4.59. The first-order chi connectivity index (χ1) is 17.7. The number of hydrogen-bond acceptors (Lipinski definition) is 8. The van der Waals surface area contributed by atoms with Crippen LogP contribution < -0.4 is 0 Å². The largest absolute Gasteiger partial charge is 0.390 e. The molecule has 6 nitrogen and oxygen atoms in total. The lowest BCUT2D eigenvalue weighted by atomic mass is 9.70. The van der Waals surface area contributed by atoms with E-state index in [0.29, 0.717) is 19.6 Å². The number of aliphatic hydroxyl groups is 1. The van der Waals surface area contributed by atoms with Crippen LogP contribution in [0.15, 0.2) is 25.3 Å². The smallest absolute Gasteiger partial charge is 0.209 e. The van der Waals surface area contributed by atoms with E-state index in [-0.39, 0.29) is 23.4 Å². The van der Waals surface area contributed by atoms with Crippen LogP contribution in [0.1, 0.15) is 80.1 Å². The van der Waals surface area contributed by atoms with Gasteiger partial charge in [-0.1, -0.05) is 63.6 Å². The van der Waals surface area contributed by atoms with Gasteiger partial charge in [0.15, 0.2) is 5.78 Å². The summed E-state index contributed by atoms with van der Waals surface area (Å²) < 4.78 is 36.8. The predicted molar refractivity (Wildman–Crippen MR) is 155 cm³/mol. The average Bonchev–Trinajstić information content (AvgIpc) is 2.84. The number of rotatable bonds is 14. The maximum absolute atomic E-state index is 12.3. The van der Waals surface area contributed by atoms with Crippen LogP contribution in [0.2, 0.25) is 0 Å². The minimum atomic E-state index is -0.846. The number of ketones is 1. The Morgan fingerprint density at radius 2 is 1.56 bits per heavy atom. The molecule has 0 aromatic carbocycles. The van der Waals surface area contributed by atoms with Gasteiger partial charge in [-0.15, -0.1) is 13.2 Å². The van der Waals surface area contributed by atoms with Crippen molar-refractivity contribution in [3.63, 3.8) is 0 Å². The molecule has 0 spiro atoms. The van der Waals surface area contributed by atoms with Crippen molar-refractivity contribution in [1.29, 1.82) is 2.67 Å². The number of carbonyl (C=O) groups is 1. The van der Waals surface area contributed by atoms with Gasteiger partial charge in [0.1, 0.15) is 5.60 Å². The van der Waals surface area contributed by atoms with Crippen LogP contribution in [0.4, 0.5) is 0 Å². The summed E-state index contributed by atoms with van der Waals surface area (Å²) in [5.41, 5.74) is -2.29. The highest BCUT2D eigenvalue weighted by Crippen LogP contribution is 2.44. The molecule has 0 saturated carbocycles. The lowest BCUT2D eigenvalue weighted by molar-refractivity contribution is -0.233. The molecule has 10 heteroatoms. The van der Waals surface area contributed by atoms with Gasteiger partial charge in [-0.3, -0.25) is 4.79 Å². The highest BCUT2D eigenvalue weighted by molar-refractivity contribution is 8.16. The topological polar surface area (TPSA) is 74.2 Å². The summed E-state index contributed by atoms with van der Waals surface area (Å²) in [5.74, 6) is 0.126. The van der Waals surface area contributed by atoms with Crippen LogP contribution in [0.25, 0.3) is 0 Å². The molecule has 204 valence electrons. The lowest BCUT2D eigenvalue weighted by Crippen LogP contribution is -2.59. The molecule has 5 atom stereocenters. The van der Waals surface area contributed by atoms with Crippen molar-refractivity contribution < 1.29 is 27.7 Å². The second-order valence-electron chi connectivity index (χ2n) is 11.2. The molecule has 2 rings (SSSR count). The summed E-state index contributed by atoms with van der Waals surface area (Å²) in [7, 11) is 2.28. The van der Waals surface area contributed by atoms with E-state index < -0.39 is 22.7 Å². The first-order valence-electron chi connectivity index (χ1n) is 13.7. The Balaban J connectivity index is 0.000000380. The van der Waals surface area contributed by atoms with E-state index in [1.807, 2.05) is 53.7 Å². The Morgan fingerprint density at radius 1 is 1.03 bits per heavy atom. The zero-order valence-electron chi connectivity index (χ0n) is 24.9. The second kappa shape index (κ2) is 14.8. The average molecular weight is 544 g/mol. The maximum Gasteiger partial charge on any atom is 0.209 e. The molecular weight excluding hydrogens is 494 g/mol. The number of Topliss-reactive ketones (excluding diaryl/α,β-unsaturated/α-hetero) is 1. The van der Waals surface area contributed by atoms with Crippen molar-refractivity contribution in [2.75, 3.05) is 13.2 Å². The monoisotopic (exact) mass is 544 g/mol. The summed E-state index contributed by atoms with van der Waals surface area (Å²) in [6, 6.07) is 0. The molecule has 1 unspecified atom stereocenters. The van der Waals surface area contributed by atoms with E-state index in [1.165, 1.54) is 0 Å². The van der Waals surface area contributed by atoms with Crippen LogP contribution in [-0.4, -0.2) is 70.5 Å². The van der Waals surface area contributed by atoms with Gasteiger partial charge in [0.25, 0.3) is 0 Å². The van der Waals surface area contributed by atoms with Crippen LogP contribution in [0.5, 0.6) is 0 Å². The minimum Gasteiger partial charge on any atom is -0.390 e. The van der Waals surface area contributed by atoms with Crippen LogP contribution >= 0.6 is 23.8 Å². The van der Waals surface area contributed by atoms with Gasteiger partial charge in [0.2, 0.25) is 14.2 Å². The molecule has 2 aliphatic rings. The SMILES string of the molecule is [3H][B]SOCC(C)(C)[C@]1(C)O[C@H](CC=C)CCC1=O.[3H][B]SOCC(C)(C)[C@]1(C)O[C@H](CC=C)CCC1O. The normalized spacial score (nSPS) is 31.9. The van der Waals surface area contributed by atoms with Gasteiger partial charge in [0, 0.05) is 17.3 Å². The lowest BCUT2D eigenvalue weighted by Gasteiger charge is -2.51. The molecule has 0 aliphatic carbocycles. The third kappa shape index (κ3) is 8.39. The Morgan fingerprint density at radius 3 is 2.08 bits per heavy atom. The van der Waals surface area contributed by atoms with Gasteiger partial charge >= 0.3 is 0 Å². The van der Waals surface area contributed by atoms with Gasteiger partial charge in [0.05, 0.1) is 37.1 Å². The molecule has 2 saturated heterocycles. The Kier molecular flexibility index (Phi) is 12.5. The van der Waals surface area contributed by atoms with E-state index >= 15 is 0 Å². The maximum atomic E-state index is 12.3. The van der Waals surface area contributed by atoms with E-state index in [9.17, 15) is 9.90 Å². The molecule has 2 heterocycles. The minimum absolute atomic E-state index is 0.0508. The molecule has 0 aromatic rings. The van der Waals surface area contributed by atoms with Crippen molar-refractivity contribution >= 4 is 43.7 Å². The quantitative estimate of drug-likeness (QED) is 0.143. The van der Waals surface area contributed by atoms with Crippen molar-refractivity contribution in [3.05, 3.63) is 25.3 Å². The molecule has 2 radical (unpaired) electrons. The Bertz CT molecular complexity index is 763. The van der Waals surface area contributed by atoms with Crippen LogP contribution in [-0.2, 0) is 22.6 Å². The molecule has 2 fully saturated rings. The number of ether oxygens (including phenoxy) is 2. The van der Waals surface area contributed by atoms with Gasteiger partial charge in [-0.2, -0.15) is 0 Å². The Labute approximate surface area is 232 Å². The van der Waals surface area contributed by atoms with E-state index in [4.69, 9.17) is 20.5 Å². The molecule has 2 aliphatic heterocycles. The zero-order chi connectivity index (χ0) is 29.0. The third-order valence-electron chi connectivity index (χ3n) is 7.91. The first kappa shape index (κ1) is 30.3. The first-order valence-corrected chi connectivity index (χ1v) is 14.1. The van der Waals surface area contributed by atoms with Crippen molar-refractivity contribution in [2.24, 2.45) is 10.8 Å². The fourth-order valence-corrected chi connectivity index (χ4v) is 5.31. The summed E-state index contributed by atoms with van der Waals surface area (Å²) in [6.45, 7) is 20.0. The zero-order valence-corrected chi connectivity index (χ0v) is 24.6. The van der Waals surface area contributed by atoms with Gasteiger partial charge in [-0.25, -0.2) is 0 Å². The fraction of sp³-hybridized carbons (Fsp3) is 0.808. The number of aliphatic hydroxyl groups excluding tert-OH is 1. The van der Waals surface area contributed by atoms with Crippen molar-refractivity contribution in [3.8, 4) is 0 Å². The van der Waals surface area contributed by atoms with Gasteiger partial charge in [-0.05, 0) is 48.6 Å². The number of hydrogen-bond donors (Lipinski definition) is 1. The summed E-state index contributed by atoms with van der Waals surface area (Å²) in [4.78, 5) is 12.3. The van der Waals surface area contributed by atoms with Crippen LogP contribution in [0.3, 0.4) is 0 Å². The number of carbonyl (C=O) groups excluding carboxylic acids is 1. The molecule has 0 amide bonds. The second-order valence-corrected chi connectivity index (χ2v) is 12.1. The predicted octanol–water partition coefficient (Wildman–Crippen LogP) is 4.94. The molecule has 0 bridgehead atoms. The molecular formula is C26H46B2O6S2.